The van der Waals surface area contributed by atoms with E-state index in [4.69, 9.17) is 0 Å². The number of likely N-dealkylation sites (tertiary alicyclic amines) is 1. The number of nitrogens with zero attached hydrogens (tertiary/aromatic N) is 1. The summed E-state index contributed by atoms with van der Waals surface area (Å²) in [6.45, 7) is 5.90. The van der Waals surface area contributed by atoms with Crippen LogP contribution in [-0.4, -0.2) is 49.0 Å². The van der Waals surface area contributed by atoms with Crippen LogP contribution in [0.5, 0.6) is 0 Å². The summed E-state index contributed by atoms with van der Waals surface area (Å²) in [6, 6.07) is 17.2. The van der Waals surface area contributed by atoms with Crippen molar-refractivity contribution in [2.75, 3.05) is 26.2 Å². The van der Waals surface area contributed by atoms with Gasteiger partial charge in [0.15, 0.2) is 0 Å². The lowest BCUT2D eigenvalue weighted by Gasteiger charge is -2.48. The summed E-state index contributed by atoms with van der Waals surface area (Å²) in [5.41, 5.74) is 4.87. The van der Waals surface area contributed by atoms with Gasteiger partial charge in [-0.25, -0.2) is 8.78 Å². The van der Waals surface area contributed by atoms with Crippen LogP contribution in [0.1, 0.15) is 66.7 Å². The van der Waals surface area contributed by atoms with Crippen molar-refractivity contribution >= 4 is 5.91 Å². The van der Waals surface area contributed by atoms with Crippen molar-refractivity contribution in [2.24, 2.45) is 11.8 Å². The maximum Gasteiger partial charge on any atom is 0.248 e. The molecule has 1 spiro atoms. The second-order valence-corrected chi connectivity index (χ2v) is 12.0. The molecule has 39 heavy (non-hydrogen) atoms. The molecule has 2 aromatic carbocycles. The van der Waals surface area contributed by atoms with Crippen LogP contribution in [0.3, 0.4) is 0 Å². The molecule has 3 heterocycles. The average molecular weight is 579 g/mol. The minimum Gasteiger partial charge on any atom is -1.00 e. The minimum atomic E-state index is -2.56. The largest absolute Gasteiger partial charge is 1.00 e. The summed E-state index contributed by atoms with van der Waals surface area (Å²) in [5.74, 6) is -1.99. The van der Waals surface area contributed by atoms with Gasteiger partial charge in [-0.2, -0.15) is 0 Å². The van der Waals surface area contributed by atoms with Crippen molar-refractivity contribution in [1.29, 1.82) is 0 Å². The summed E-state index contributed by atoms with van der Waals surface area (Å²) in [6.07, 6.45) is 2.68. The molecular formula is C31H39Cl2F2N3O-2. The monoisotopic (exact) mass is 577 g/mol. The Kier molecular flexibility index (Phi) is 9.32. The molecule has 1 amide bonds. The van der Waals surface area contributed by atoms with Crippen molar-refractivity contribution in [3.8, 4) is 0 Å². The fourth-order valence-corrected chi connectivity index (χ4v) is 7.81. The van der Waals surface area contributed by atoms with Gasteiger partial charge in [0.25, 0.3) is 0 Å². The number of hydrogen-bond donors (Lipinski definition) is 2. The molecule has 3 aliphatic heterocycles. The predicted octanol–water partition coefficient (Wildman–Crippen LogP) is -0.836. The predicted molar refractivity (Wildman–Crippen MR) is 142 cm³/mol. The van der Waals surface area contributed by atoms with E-state index in [1.807, 2.05) is 6.07 Å². The van der Waals surface area contributed by atoms with Crippen LogP contribution in [-0.2, 0) is 16.8 Å². The first-order valence-corrected chi connectivity index (χ1v) is 14.1. The Morgan fingerprint density at radius 1 is 0.974 bits per heavy atom. The van der Waals surface area contributed by atoms with Crippen LogP contribution >= 0.6 is 0 Å². The van der Waals surface area contributed by atoms with Crippen molar-refractivity contribution in [3.05, 3.63) is 70.8 Å². The molecule has 2 aromatic rings. The van der Waals surface area contributed by atoms with Gasteiger partial charge in [-0.3, -0.25) is 4.79 Å². The SMILES string of the molecule is Cc1ccc2c(c1)CNC[C@]21CNC[C@H]1C(=O)N1CCC(c2ccccc2)C[C@H]1C1CCC(F)(F)CC1.[Cl-].[Cl-]. The second kappa shape index (κ2) is 12.0. The fraction of sp³-hybridized carbons (Fsp3) is 0.581. The number of hydrogen-bond acceptors (Lipinski definition) is 3. The molecule has 2 saturated heterocycles. The molecule has 0 radical (unpaired) electrons. The number of piperidine rings is 1. The molecule has 1 aliphatic carbocycles. The smallest absolute Gasteiger partial charge is 0.248 e. The molecule has 214 valence electrons. The molecule has 4 aliphatic rings. The number of benzene rings is 2. The Morgan fingerprint density at radius 2 is 1.69 bits per heavy atom. The molecule has 3 fully saturated rings. The lowest BCUT2D eigenvalue weighted by atomic mass is 9.67. The number of rotatable bonds is 3. The fourth-order valence-electron chi connectivity index (χ4n) is 7.81. The van der Waals surface area contributed by atoms with Gasteiger partial charge >= 0.3 is 0 Å². The van der Waals surface area contributed by atoms with Crippen LogP contribution in [0.4, 0.5) is 8.78 Å². The number of nitrogens with one attached hydrogen (secondary N) is 2. The number of alkyl halides is 2. The standard InChI is InChI=1S/C31H39F2N3O.2ClH/c1-21-7-8-26-25(15-21)17-34-19-30(26)20-35-18-27(30)29(37)36-14-11-24(22-5-3-2-4-6-22)16-28(36)23-9-12-31(32,33)13-10-23;;/h2-8,15,23-24,27-28,34-35H,9-14,16-20H2,1H3;2*1H/p-2/t24?,27-,28-,30-;;/m0../s1. The Morgan fingerprint density at radius 3 is 2.44 bits per heavy atom. The van der Waals surface area contributed by atoms with E-state index in [-0.39, 0.29) is 66.9 Å². The third kappa shape index (κ3) is 5.72. The summed E-state index contributed by atoms with van der Waals surface area (Å²) in [5, 5.41) is 7.17. The first-order chi connectivity index (χ1) is 17.9. The Bertz CT molecular complexity index is 1140. The Balaban J connectivity index is 0.00000176. The van der Waals surface area contributed by atoms with Gasteiger partial charge in [0.05, 0.1) is 5.92 Å². The summed E-state index contributed by atoms with van der Waals surface area (Å²) in [7, 11) is 0. The Labute approximate surface area is 243 Å². The van der Waals surface area contributed by atoms with Gasteiger partial charge in [0.1, 0.15) is 0 Å². The number of fused-ring (bicyclic) bond motifs is 2. The highest BCUT2D eigenvalue weighted by Crippen LogP contribution is 2.46. The molecule has 1 saturated carbocycles. The first kappa shape index (κ1) is 30.2. The number of halogens is 4. The van der Waals surface area contributed by atoms with Crippen LogP contribution in [0.15, 0.2) is 48.5 Å². The number of carbonyl (C=O) groups excluding carboxylic acids is 1. The zero-order chi connectivity index (χ0) is 25.6. The van der Waals surface area contributed by atoms with Gasteiger partial charge in [0.2, 0.25) is 11.8 Å². The Hall–Kier alpha value is -1.73. The maximum absolute atomic E-state index is 14.5. The molecule has 8 heteroatoms. The van der Waals surface area contributed by atoms with E-state index in [1.54, 1.807) is 0 Å². The van der Waals surface area contributed by atoms with Gasteiger partial charge < -0.3 is 40.3 Å². The summed E-state index contributed by atoms with van der Waals surface area (Å²) in [4.78, 5) is 16.6. The van der Waals surface area contributed by atoms with E-state index in [9.17, 15) is 13.6 Å². The topological polar surface area (TPSA) is 44.4 Å². The molecule has 4 atom stereocenters. The van der Waals surface area contributed by atoms with E-state index < -0.39 is 5.92 Å². The molecule has 0 bridgehead atoms. The average Bonchev–Trinajstić information content (AvgIpc) is 3.32. The van der Waals surface area contributed by atoms with Gasteiger partial charge in [0, 0.05) is 57.0 Å². The lowest BCUT2D eigenvalue weighted by Crippen LogP contribution is -3.00. The van der Waals surface area contributed by atoms with E-state index in [1.165, 1.54) is 22.3 Å². The third-order valence-corrected chi connectivity index (χ3v) is 9.81. The number of carbonyl (C=O) groups is 1. The van der Waals surface area contributed by atoms with Crippen LogP contribution in [0.25, 0.3) is 0 Å². The van der Waals surface area contributed by atoms with Crippen LogP contribution in [0.2, 0.25) is 0 Å². The van der Waals surface area contributed by atoms with Crippen molar-refractivity contribution in [3.63, 3.8) is 0 Å². The number of aryl methyl sites for hydroxylation is 1. The highest BCUT2D eigenvalue weighted by atomic mass is 35.5. The second-order valence-electron chi connectivity index (χ2n) is 12.0. The molecule has 2 N–H and O–H groups in total. The van der Waals surface area contributed by atoms with Crippen LogP contribution < -0.4 is 35.4 Å². The third-order valence-electron chi connectivity index (χ3n) is 9.81. The normalized spacial score (nSPS) is 30.2. The maximum atomic E-state index is 14.5. The first-order valence-electron chi connectivity index (χ1n) is 14.1. The summed E-state index contributed by atoms with van der Waals surface area (Å²) >= 11 is 0. The highest BCUT2D eigenvalue weighted by Gasteiger charge is 2.53. The minimum absolute atomic E-state index is 0. The van der Waals surface area contributed by atoms with E-state index >= 15 is 0 Å². The van der Waals surface area contributed by atoms with Crippen LogP contribution in [0, 0.1) is 18.8 Å². The highest BCUT2D eigenvalue weighted by molar-refractivity contribution is 5.82. The lowest BCUT2D eigenvalue weighted by molar-refractivity contribution is -0.144. The van der Waals surface area contributed by atoms with Crippen molar-refractivity contribution in [2.45, 2.75) is 75.3 Å². The zero-order valence-corrected chi connectivity index (χ0v) is 24.1. The van der Waals surface area contributed by atoms with Crippen molar-refractivity contribution in [1.82, 2.24) is 15.5 Å². The van der Waals surface area contributed by atoms with Gasteiger partial charge in [-0.05, 0) is 61.1 Å². The quantitative estimate of drug-likeness (QED) is 0.500. The molecular weight excluding hydrogens is 539 g/mol. The molecule has 4 nitrogen and oxygen atoms in total. The molecule has 1 unspecified atom stereocenters. The summed E-state index contributed by atoms with van der Waals surface area (Å²) < 4.78 is 28.2. The van der Waals surface area contributed by atoms with Gasteiger partial charge in [-0.15, -0.1) is 0 Å². The van der Waals surface area contributed by atoms with Gasteiger partial charge in [-0.1, -0.05) is 54.1 Å². The molecule has 0 aromatic heterocycles. The molecule has 6 rings (SSSR count). The van der Waals surface area contributed by atoms with E-state index in [0.717, 1.165) is 32.5 Å². The van der Waals surface area contributed by atoms with Crippen molar-refractivity contribution < 1.29 is 38.4 Å². The van der Waals surface area contributed by atoms with E-state index in [0.29, 0.717) is 31.8 Å². The number of amides is 1. The van der Waals surface area contributed by atoms with E-state index in [2.05, 4.69) is 64.9 Å². The zero-order valence-electron chi connectivity index (χ0n) is 22.6.